The third-order valence-electron chi connectivity index (χ3n) is 8.40. The highest BCUT2D eigenvalue weighted by atomic mass is 19.1. The number of hydrogen-bond acceptors (Lipinski definition) is 8. The summed E-state index contributed by atoms with van der Waals surface area (Å²) in [6, 6.07) is 6.35. The number of amides is 1. The van der Waals surface area contributed by atoms with Crippen LogP contribution in [-0.2, 0) is 37.1 Å². The summed E-state index contributed by atoms with van der Waals surface area (Å²) in [6.45, 7) is 5.78. The summed E-state index contributed by atoms with van der Waals surface area (Å²) in [5.41, 5.74) is 3.15. The summed E-state index contributed by atoms with van der Waals surface area (Å²) in [4.78, 5) is 31.8. The standard InChI is InChI=1S/C31H33FN6O4/c1-2-22-23(32)7-6-19-15-21(39)16-25(27(19)22)38-18-24-28(30(38)40)29(36-9-4-12-41-14-11-36)35-31(34-24)42-13-8-26-33-17-20-5-3-10-37(20)26/h6-7,15-17,39H,2-5,8-14,18H2,1H3. The number of imidazole rings is 1. The number of carbonyl (C=O) groups is 1. The molecule has 0 bridgehead atoms. The van der Waals surface area contributed by atoms with Crippen molar-refractivity contribution in [1.82, 2.24) is 19.5 Å². The van der Waals surface area contributed by atoms with E-state index in [2.05, 4.69) is 14.5 Å². The lowest BCUT2D eigenvalue weighted by atomic mass is 9.99. The Balaban J connectivity index is 1.25. The van der Waals surface area contributed by atoms with E-state index in [-0.39, 0.29) is 30.0 Å². The van der Waals surface area contributed by atoms with Crippen molar-refractivity contribution in [3.8, 4) is 11.8 Å². The minimum absolute atomic E-state index is 0.000362. The molecule has 0 unspecified atom stereocenters. The predicted molar refractivity (Wildman–Crippen MR) is 155 cm³/mol. The number of aromatic nitrogens is 4. The largest absolute Gasteiger partial charge is 0.508 e. The summed E-state index contributed by atoms with van der Waals surface area (Å²) < 4.78 is 28.9. The summed E-state index contributed by atoms with van der Waals surface area (Å²) in [5, 5.41) is 11.8. The van der Waals surface area contributed by atoms with E-state index in [1.165, 1.54) is 17.8 Å². The van der Waals surface area contributed by atoms with Gasteiger partial charge in [-0.1, -0.05) is 13.0 Å². The van der Waals surface area contributed by atoms with Gasteiger partial charge in [-0.3, -0.25) is 4.79 Å². The Morgan fingerprint density at radius 3 is 2.90 bits per heavy atom. The van der Waals surface area contributed by atoms with E-state index >= 15 is 0 Å². The van der Waals surface area contributed by atoms with Crippen molar-refractivity contribution >= 4 is 28.2 Å². The van der Waals surface area contributed by atoms with Crippen LogP contribution < -0.4 is 14.5 Å². The van der Waals surface area contributed by atoms with Gasteiger partial charge in [-0.05, 0) is 48.8 Å². The summed E-state index contributed by atoms with van der Waals surface area (Å²) in [6.07, 6.45) is 5.98. The smallest absolute Gasteiger partial charge is 0.318 e. The quantitative estimate of drug-likeness (QED) is 0.352. The zero-order valence-electron chi connectivity index (χ0n) is 23.6. The molecule has 5 heterocycles. The average molecular weight is 573 g/mol. The second-order valence-corrected chi connectivity index (χ2v) is 11.0. The Morgan fingerprint density at radius 1 is 1.12 bits per heavy atom. The first kappa shape index (κ1) is 26.6. The Kier molecular flexibility index (Phi) is 6.89. The minimum atomic E-state index is -0.343. The molecule has 1 amide bonds. The monoisotopic (exact) mass is 572 g/mol. The van der Waals surface area contributed by atoms with Gasteiger partial charge in [0.1, 0.15) is 28.8 Å². The minimum Gasteiger partial charge on any atom is -0.508 e. The molecule has 4 aromatic rings. The SMILES string of the molecule is CCc1c(F)ccc2cc(O)cc(N3Cc4nc(OCCc5ncc6n5CCC6)nc(N5CCCOCC5)c4C3=O)c12. The molecule has 2 aromatic heterocycles. The van der Waals surface area contributed by atoms with Gasteiger partial charge in [0.2, 0.25) is 0 Å². The lowest BCUT2D eigenvalue weighted by Crippen LogP contribution is -2.30. The first-order valence-corrected chi connectivity index (χ1v) is 14.7. The molecule has 0 radical (unpaired) electrons. The first-order valence-electron chi connectivity index (χ1n) is 14.7. The van der Waals surface area contributed by atoms with Crippen LogP contribution in [0.25, 0.3) is 10.8 Å². The van der Waals surface area contributed by atoms with E-state index in [0.29, 0.717) is 84.9 Å². The lowest BCUT2D eigenvalue weighted by Gasteiger charge is -2.23. The van der Waals surface area contributed by atoms with Crippen LogP contribution in [0.2, 0.25) is 0 Å². The Hall–Kier alpha value is -4.25. The molecule has 218 valence electrons. The summed E-state index contributed by atoms with van der Waals surface area (Å²) in [7, 11) is 0. The number of ether oxygens (including phenoxy) is 2. The number of carbonyl (C=O) groups excluding carboxylic acids is 1. The molecular weight excluding hydrogens is 539 g/mol. The van der Waals surface area contributed by atoms with E-state index in [0.717, 1.165) is 31.6 Å². The Bertz CT molecular complexity index is 1680. The molecule has 2 aromatic carbocycles. The molecule has 0 saturated carbocycles. The molecule has 0 aliphatic carbocycles. The number of phenolic OH excluding ortho intramolecular Hbond substituents is 1. The molecule has 7 rings (SSSR count). The molecular formula is C31H33FN6O4. The van der Waals surface area contributed by atoms with Crippen molar-refractivity contribution < 1.29 is 23.8 Å². The molecule has 3 aliphatic rings. The number of hydrogen-bond donors (Lipinski definition) is 1. The fourth-order valence-corrected chi connectivity index (χ4v) is 6.42. The zero-order valence-corrected chi connectivity index (χ0v) is 23.6. The van der Waals surface area contributed by atoms with Gasteiger partial charge in [0.15, 0.2) is 0 Å². The van der Waals surface area contributed by atoms with Gasteiger partial charge in [-0.25, -0.2) is 9.37 Å². The van der Waals surface area contributed by atoms with Gasteiger partial charge in [-0.15, -0.1) is 0 Å². The number of aryl methyl sites for hydroxylation is 2. The number of rotatable bonds is 7. The first-order chi connectivity index (χ1) is 20.5. The van der Waals surface area contributed by atoms with Crippen molar-refractivity contribution in [3.05, 3.63) is 64.6 Å². The van der Waals surface area contributed by atoms with Crippen LogP contribution >= 0.6 is 0 Å². The fraction of sp³-hybridized carbons (Fsp3) is 0.419. The number of fused-ring (bicyclic) bond motifs is 3. The molecule has 11 heteroatoms. The topological polar surface area (TPSA) is 106 Å². The Morgan fingerprint density at radius 2 is 2.02 bits per heavy atom. The second kappa shape index (κ2) is 10.9. The second-order valence-electron chi connectivity index (χ2n) is 11.0. The van der Waals surface area contributed by atoms with E-state index in [4.69, 9.17) is 19.4 Å². The van der Waals surface area contributed by atoms with Crippen LogP contribution in [0, 0.1) is 5.82 Å². The van der Waals surface area contributed by atoms with Crippen LogP contribution in [0.5, 0.6) is 11.8 Å². The predicted octanol–water partition coefficient (Wildman–Crippen LogP) is 4.19. The van der Waals surface area contributed by atoms with Gasteiger partial charge in [0.25, 0.3) is 5.91 Å². The molecule has 0 atom stereocenters. The van der Waals surface area contributed by atoms with Crippen LogP contribution in [0.4, 0.5) is 15.9 Å². The van der Waals surface area contributed by atoms with Gasteiger partial charge < -0.3 is 28.9 Å². The molecule has 1 fully saturated rings. The molecule has 42 heavy (non-hydrogen) atoms. The molecule has 1 N–H and O–H groups in total. The zero-order chi connectivity index (χ0) is 28.8. The van der Waals surface area contributed by atoms with E-state index in [1.807, 2.05) is 13.1 Å². The highest BCUT2D eigenvalue weighted by Crippen LogP contribution is 2.41. The van der Waals surface area contributed by atoms with E-state index < -0.39 is 0 Å². The normalized spacial score (nSPS) is 16.7. The number of anilines is 2. The maximum Gasteiger partial charge on any atom is 0.318 e. The highest BCUT2D eigenvalue weighted by molar-refractivity contribution is 6.16. The Labute approximate surface area is 242 Å². The molecule has 10 nitrogen and oxygen atoms in total. The third kappa shape index (κ3) is 4.61. The van der Waals surface area contributed by atoms with Gasteiger partial charge in [0.05, 0.1) is 31.1 Å². The highest BCUT2D eigenvalue weighted by Gasteiger charge is 2.37. The number of halogens is 1. The number of phenols is 1. The molecule has 1 saturated heterocycles. The maximum atomic E-state index is 14.9. The van der Waals surface area contributed by atoms with E-state index in [1.54, 1.807) is 17.0 Å². The maximum absolute atomic E-state index is 14.9. The average Bonchev–Trinajstić information content (AvgIpc) is 3.62. The van der Waals surface area contributed by atoms with Crippen molar-refractivity contribution in [1.29, 1.82) is 0 Å². The van der Waals surface area contributed by atoms with Crippen LogP contribution in [-0.4, -0.2) is 63.4 Å². The van der Waals surface area contributed by atoms with Gasteiger partial charge in [0, 0.05) is 56.0 Å². The summed E-state index contributed by atoms with van der Waals surface area (Å²) in [5.74, 6) is 0.874. The van der Waals surface area contributed by atoms with Crippen LogP contribution in [0.1, 0.15) is 52.9 Å². The lowest BCUT2D eigenvalue weighted by molar-refractivity contribution is 0.0997. The van der Waals surface area contributed by atoms with Crippen molar-refractivity contribution in [3.63, 3.8) is 0 Å². The van der Waals surface area contributed by atoms with Gasteiger partial charge in [-0.2, -0.15) is 9.97 Å². The summed E-state index contributed by atoms with van der Waals surface area (Å²) >= 11 is 0. The van der Waals surface area contributed by atoms with Crippen molar-refractivity contribution in [2.75, 3.05) is 42.7 Å². The number of nitrogens with zero attached hydrogens (tertiary/aromatic N) is 6. The van der Waals surface area contributed by atoms with Gasteiger partial charge >= 0.3 is 6.01 Å². The molecule has 3 aliphatic heterocycles. The number of aromatic hydroxyl groups is 1. The van der Waals surface area contributed by atoms with Crippen LogP contribution in [0.15, 0.2) is 30.5 Å². The fourth-order valence-electron chi connectivity index (χ4n) is 6.42. The van der Waals surface area contributed by atoms with E-state index in [9.17, 15) is 14.3 Å². The van der Waals surface area contributed by atoms with Crippen molar-refractivity contribution in [2.24, 2.45) is 0 Å². The van der Waals surface area contributed by atoms with Crippen LogP contribution in [0.3, 0.4) is 0 Å². The number of benzene rings is 2. The van der Waals surface area contributed by atoms with Crippen molar-refractivity contribution in [2.45, 2.75) is 52.1 Å². The molecule has 0 spiro atoms. The third-order valence-corrected chi connectivity index (χ3v) is 8.40.